The van der Waals surface area contributed by atoms with Gasteiger partial charge in [-0.2, -0.15) is 0 Å². The van der Waals surface area contributed by atoms with Gasteiger partial charge in [0.25, 0.3) is 0 Å². The van der Waals surface area contributed by atoms with Crippen LogP contribution in [-0.4, -0.2) is 12.8 Å². The third-order valence-corrected chi connectivity index (χ3v) is 3.87. The fourth-order valence-corrected chi connectivity index (χ4v) is 2.82. The number of fused-ring (bicyclic) bond motifs is 1. The van der Waals surface area contributed by atoms with Gasteiger partial charge in [0.1, 0.15) is 0 Å². The molecule has 92 valence electrons. The maximum absolute atomic E-state index is 5.38. The Morgan fingerprint density at radius 2 is 1.94 bits per heavy atom. The summed E-state index contributed by atoms with van der Waals surface area (Å²) in [6.07, 6.45) is 5.49. The molecule has 1 saturated carbocycles. The number of hydrogen-bond acceptors (Lipinski definition) is 3. The predicted molar refractivity (Wildman–Crippen MR) is 67.6 cm³/mol. The Labute approximate surface area is 102 Å². The van der Waals surface area contributed by atoms with Gasteiger partial charge in [-0.3, -0.25) is 0 Å². The van der Waals surface area contributed by atoms with Gasteiger partial charge in [0.05, 0.1) is 0 Å². The Balaban J connectivity index is 1.68. The summed E-state index contributed by atoms with van der Waals surface area (Å²) in [5, 5.41) is 3.58. The predicted octanol–water partition coefficient (Wildman–Crippen LogP) is 3.41. The van der Waals surface area contributed by atoms with E-state index in [-0.39, 0.29) is 0 Å². The van der Waals surface area contributed by atoms with Crippen molar-refractivity contribution in [2.24, 2.45) is 5.92 Å². The second-order valence-corrected chi connectivity index (χ2v) is 5.05. The summed E-state index contributed by atoms with van der Waals surface area (Å²) in [6, 6.07) is 6.62. The van der Waals surface area contributed by atoms with Crippen LogP contribution >= 0.6 is 0 Å². The van der Waals surface area contributed by atoms with Crippen molar-refractivity contribution in [2.75, 3.05) is 12.1 Å². The van der Waals surface area contributed by atoms with E-state index < -0.39 is 0 Å². The van der Waals surface area contributed by atoms with Crippen LogP contribution in [-0.2, 0) is 0 Å². The fraction of sp³-hybridized carbons (Fsp3) is 0.571. The minimum atomic E-state index is 0.344. The van der Waals surface area contributed by atoms with Gasteiger partial charge in [-0.15, -0.1) is 0 Å². The lowest BCUT2D eigenvalue weighted by molar-refractivity contribution is 0.174. The standard InChI is InChI=1S/C14H19NO2/c1-10(11-4-2-3-5-11)15-12-6-7-13-14(8-12)17-9-16-13/h6-8,10-11,15H,2-5,9H2,1H3. The zero-order valence-electron chi connectivity index (χ0n) is 10.2. The average molecular weight is 233 g/mol. The smallest absolute Gasteiger partial charge is 0.231 e. The minimum absolute atomic E-state index is 0.344. The Bertz CT molecular complexity index is 399. The molecule has 1 aliphatic heterocycles. The van der Waals surface area contributed by atoms with E-state index in [1.807, 2.05) is 12.1 Å². The zero-order chi connectivity index (χ0) is 11.7. The van der Waals surface area contributed by atoms with Gasteiger partial charge in [-0.1, -0.05) is 12.8 Å². The maximum Gasteiger partial charge on any atom is 0.231 e. The molecular weight excluding hydrogens is 214 g/mol. The van der Waals surface area contributed by atoms with E-state index in [1.165, 1.54) is 25.7 Å². The molecule has 1 N–H and O–H groups in total. The van der Waals surface area contributed by atoms with E-state index in [4.69, 9.17) is 9.47 Å². The quantitative estimate of drug-likeness (QED) is 0.867. The molecule has 0 saturated heterocycles. The lowest BCUT2D eigenvalue weighted by Gasteiger charge is -2.21. The first kappa shape index (κ1) is 10.8. The molecule has 1 atom stereocenters. The second-order valence-electron chi connectivity index (χ2n) is 5.05. The number of hydrogen-bond donors (Lipinski definition) is 1. The summed E-state index contributed by atoms with van der Waals surface area (Å²) < 4.78 is 10.7. The molecule has 0 bridgehead atoms. The minimum Gasteiger partial charge on any atom is -0.454 e. The normalized spacial score (nSPS) is 20.5. The lowest BCUT2D eigenvalue weighted by atomic mass is 9.99. The highest BCUT2D eigenvalue weighted by Crippen LogP contribution is 2.35. The molecule has 1 aliphatic carbocycles. The highest BCUT2D eigenvalue weighted by Gasteiger charge is 2.22. The first-order valence-electron chi connectivity index (χ1n) is 6.49. The van der Waals surface area contributed by atoms with Crippen LogP contribution < -0.4 is 14.8 Å². The number of nitrogens with one attached hydrogen (secondary N) is 1. The highest BCUT2D eigenvalue weighted by molar-refractivity contribution is 5.56. The van der Waals surface area contributed by atoms with E-state index in [1.54, 1.807) is 0 Å². The Morgan fingerprint density at radius 3 is 2.76 bits per heavy atom. The molecule has 1 fully saturated rings. The van der Waals surface area contributed by atoms with E-state index in [0.717, 1.165) is 23.1 Å². The van der Waals surface area contributed by atoms with Gasteiger partial charge in [0, 0.05) is 17.8 Å². The van der Waals surface area contributed by atoms with Crippen molar-refractivity contribution in [1.29, 1.82) is 0 Å². The van der Waals surface area contributed by atoms with Crippen LogP contribution in [0.25, 0.3) is 0 Å². The molecule has 1 aromatic rings. The van der Waals surface area contributed by atoms with Crippen LogP contribution in [0.2, 0.25) is 0 Å². The number of benzene rings is 1. The van der Waals surface area contributed by atoms with Crippen molar-refractivity contribution >= 4 is 5.69 Å². The van der Waals surface area contributed by atoms with Crippen molar-refractivity contribution in [1.82, 2.24) is 0 Å². The van der Waals surface area contributed by atoms with Gasteiger partial charge >= 0.3 is 0 Å². The van der Waals surface area contributed by atoms with Gasteiger partial charge < -0.3 is 14.8 Å². The Morgan fingerprint density at radius 1 is 1.18 bits per heavy atom. The molecule has 1 aromatic carbocycles. The first-order valence-corrected chi connectivity index (χ1v) is 6.49. The zero-order valence-corrected chi connectivity index (χ0v) is 10.2. The average Bonchev–Trinajstić information content (AvgIpc) is 2.99. The van der Waals surface area contributed by atoms with Gasteiger partial charge in [-0.05, 0) is 37.8 Å². The van der Waals surface area contributed by atoms with Crippen molar-refractivity contribution in [2.45, 2.75) is 38.6 Å². The molecule has 3 heteroatoms. The van der Waals surface area contributed by atoms with Crippen molar-refractivity contribution < 1.29 is 9.47 Å². The van der Waals surface area contributed by atoms with Gasteiger partial charge in [0.15, 0.2) is 11.5 Å². The van der Waals surface area contributed by atoms with Crippen molar-refractivity contribution in [3.63, 3.8) is 0 Å². The fourth-order valence-electron chi connectivity index (χ4n) is 2.82. The third kappa shape index (κ3) is 2.19. The molecule has 0 amide bonds. The topological polar surface area (TPSA) is 30.5 Å². The number of anilines is 1. The largest absolute Gasteiger partial charge is 0.454 e. The SMILES string of the molecule is CC(Nc1ccc2c(c1)OCO2)C1CCCC1. The van der Waals surface area contributed by atoms with Gasteiger partial charge in [-0.25, -0.2) is 0 Å². The molecule has 0 radical (unpaired) electrons. The summed E-state index contributed by atoms with van der Waals surface area (Å²) in [4.78, 5) is 0. The summed E-state index contributed by atoms with van der Waals surface area (Å²) in [5.41, 5.74) is 1.13. The molecule has 0 spiro atoms. The maximum atomic E-state index is 5.38. The molecule has 17 heavy (non-hydrogen) atoms. The summed E-state index contributed by atoms with van der Waals surface area (Å²) in [6.45, 7) is 2.62. The van der Waals surface area contributed by atoms with Crippen LogP contribution in [0.15, 0.2) is 18.2 Å². The Hall–Kier alpha value is -1.38. The number of ether oxygens (including phenoxy) is 2. The summed E-state index contributed by atoms with van der Waals surface area (Å²) in [5.74, 6) is 2.53. The molecule has 3 nitrogen and oxygen atoms in total. The van der Waals surface area contributed by atoms with Gasteiger partial charge in [0.2, 0.25) is 6.79 Å². The van der Waals surface area contributed by atoms with Crippen molar-refractivity contribution in [3.8, 4) is 11.5 Å². The van der Waals surface area contributed by atoms with Crippen LogP contribution in [0, 0.1) is 5.92 Å². The molecule has 1 heterocycles. The lowest BCUT2D eigenvalue weighted by Crippen LogP contribution is -2.23. The monoisotopic (exact) mass is 233 g/mol. The summed E-state index contributed by atoms with van der Waals surface area (Å²) in [7, 11) is 0. The van der Waals surface area contributed by atoms with Crippen LogP contribution in [0.1, 0.15) is 32.6 Å². The van der Waals surface area contributed by atoms with Crippen LogP contribution in [0.5, 0.6) is 11.5 Å². The first-order chi connectivity index (χ1) is 8.33. The Kier molecular flexibility index (Phi) is 2.83. The molecule has 1 unspecified atom stereocenters. The van der Waals surface area contributed by atoms with E-state index >= 15 is 0 Å². The van der Waals surface area contributed by atoms with E-state index in [9.17, 15) is 0 Å². The highest BCUT2D eigenvalue weighted by atomic mass is 16.7. The molecule has 0 aromatic heterocycles. The number of rotatable bonds is 3. The second kappa shape index (κ2) is 4.47. The van der Waals surface area contributed by atoms with E-state index in [2.05, 4.69) is 18.3 Å². The van der Waals surface area contributed by atoms with E-state index in [0.29, 0.717) is 12.8 Å². The third-order valence-electron chi connectivity index (χ3n) is 3.87. The van der Waals surface area contributed by atoms with Crippen molar-refractivity contribution in [3.05, 3.63) is 18.2 Å². The van der Waals surface area contributed by atoms with Crippen LogP contribution in [0.3, 0.4) is 0 Å². The van der Waals surface area contributed by atoms with Crippen LogP contribution in [0.4, 0.5) is 5.69 Å². The molecular formula is C14H19NO2. The molecule has 3 rings (SSSR count). The molecule has 2 aliphatic rings. The summed E-state index contributed by atoms with van der Waals surface area (Å²) >= 11 is 0.